The van der Waals surface area contributed by atoms with E-state index in [9.17, 15) is 9.90 Å². The van der Waals surface area contributed by atoms with Crippen LogP contribution >= 0.6 is 0 Å². The fourth-order valence-corrected chi connectivity index (χ4v) is 2.52. The Kier molecular flexibility index (Phi) is 4.73. The highest BCUT2D eigenvalue weighted by Crippen LogP contribution is 2.17. The summed E-state index contributed by atoms with van der Waals surface area (Å²) in [6.45, 7) is 3.71. The van der Waals surface area contributed by atoms with Crippen LogP contribution in [0.5, 0.6) is 0 Å². The summed E-state index contributed by atoms with van der Waals surface area (Å²) in [6, 6.07) is 10.9. The zero-order chi connectivity index (χ0) is 16.1. The maximum atomic E-state index is 11.2. The number of pyridine rings is 1. The van der Waals surface area contributed by atoms with Crippen molar-refractivity contribution < 1.29 is 14.6 Å². The van der Waals surface area contributed by atoms with Crippen LogP contribution in [-0.2, 0) is 11.3 Å². The van der Waals surface area contributed by atoms with Gasteiger partial charge in [-0.3, -0.25) is 0 Å². The molecule has 2 N–H and O–H groups in total. The molecular formula is C17H19N3O3. The van der Waals surface area contributed by atoms with Gasteiger partial charge < -0.3 is 20.1 Å². The summed E-state index contributed by atoms with van der Waals surface area (Å²) in [4.78, 5) is 17.9. The third kappa shape index (κ3) is 3.78. The first-order chi connectivity index (χ1) is 11.2. The highest BCUT2D eigenvalue weighted by Gasteiger charge is 2.12. The first kappa shape index (κ1) is 15.3. The number of ether oxygens (including phenoxy) is 1. The van der Waals surface area contributed by atoms with E-state index in [1.165, 1.54) is 0 Å². The molecule has 0 radical (unpaired) electrons. The predicted molar refractivity (Wildman–Crippen MR) is 88.0 cm³/mol. The number of para-hydroxylation sites is 1. The Balaban J connectivity index is 1.64. The maximum Gasteiger partial charge on any atom is 0.337 e. The molecule has 6 heteroatoms. The van der Waals surface area contributed by atoms with E-state index in [1.54, 1.807) is 18.2 Å². The average molecular weight is 313 g/mol. The number of morpholine rings is 1. The van der Waals surface area contributed by atoms with Crippen LogP contribution < -0.4 is 10.2 Å². The van der Waals surface area contributed by atoms with E-state index in [0.29, 0.717) is 12.2 Å². The van der Waals surface area contributed by atoms with Crippen LogP contribution in [0.2, 0.25) is 0 Å². The summed E-state index contributed by atoms with van der Waals surface area (Å²) in [5.41, 5.74) is 1.88. The number of carboxylic acids is 1. The Bertz CT molecular complexity index is 667. The van der Waals surface area contributed by atoms with E-state index < -0.39 is 5.97 Å². The SMILES string of the molecule is O=C(O)c1ccccc1NCc1ccc(N2CCOCC2)nc1. The molecule has 1 fully saturated rings. The van der Waals surface area contributed by atoms with Crippen LogP contribution in [0.1, 0.15) is 15.9 Å². The van der Waals surface area contributed by atoms with Gasteiger partial charge in [-0.1, -0.05) is 18.2 Å². The van der Waals surface area contributed by atoms with Gasteiger partial charge in [0.15, 0.2) is 0 Å². The van der Waals surface area contributed by atoms with Crippen molar-refractivity contribution in [2.75, 3.05) is 36.5 Å². The molecule has 2 aromatic rings. The van der Waals surface area contributed by atoms with Crippen LogP contribution in [0.25, 0.3) is 0 Å². The molecule has 3 rings (SSSR count). The summed E-state index contributed by atoms with van der Waals surface area (Å²) in [6.07, 6.45) is 1.82. The second kappa shape index (κ2) is 7.11. The number of nitrogens with one attached hydrogen (secondary N) is 1. The molecule has 23 heavy (non-hydrogen) atoms. The molecule has 0 saturated carbocycles. The Morgan fingerprint density at radius 2 is 2.00 bits per heavy atom. The lowest BCUT2D eigenvalue weighted by Gasteiger charge is -2.27. The van der Waals surface area contributed by atoms with Crippen LogP contribution in [-0.4, -0.2) is 42.4 Å². The minimum atomic E-state index is -0.936. The fraction of sp³-hybridized carbons (Fsp3) is 0.294. The minimum absolute atomic E-state index is 0.269. The standard InChI is InChI=1S/C17H19N3O3/c21-17(22)14-3-1-2-4-15(14)18-11-13-5-6-16(19-12-13)20-7-9-23-10-8-20/h1-6,12,18H,7-11H2,(H,21,22). The fourth-order valence-electron chi connectivity index (χ4n) is 2.52. The largest absolute Gasteiger partial charge is 0.478 e. The van der Waals surface area contributed by atoms with E-state index in [4.69, 9.17) is 4.74 Å². The number of carbonyl (C=O) groups is 1. The van der Waals surface area contributed by atoms with Crippen LogP contribution in [0, 0.1) is 0 Å². The van der Waals surface area contributed by atoms with E-state index in [2.05, 4.69) is 15.2 Å². The summed E-state index contributed by atoms with van der Waals surface area (Å²) < 4.78 is 5.34. The molecule has 0 bridgehead atoms. The normalized spacial score (nSPS) is 14.5. The van der Waals surface area contributed by atoms with Crippen molar-refractivity contribution in [2.24, 2.45) is 0 Å². The molecule has 120 valence electrons. The van der Waals surface area contributed by atoms with Gasteiger partial charge in [0.05, 0.1) is 18.8 Å². The number of benzene rings is 1. The summed E-state index contributed by atoms with van der Waals surface area (Å²) in [5, 5.41) is 12.3. The van der Waals surface area contributed by atoms with Crippen LogP contribution in [0.4, 0.5) is 11.5 Å². The number of carboxylic acid groups (broad SMARTS) is 1. The average Bonchev–Trinajstić information content (AvgIpc) is 2.61. The molecule has 0 atom stereocenters. The number of aromatic nitrogens is 1. The lowest BCUT2D eigenvalue weighted by atomic mass is 10.1. The lowest BCUT2D eigenvalue weighted by molar-refractivity contribution is 0.0698. The van der Waals surface area contributed by atoms with E-state index in [1.807, 2.05) is 24.4 Å². The van der Waals surface area contributed by atoms with Crippen LogP contribution in [0.3, 0.4) is 0 Å². The van der Waals surface area contributed by atoms with Crippen LogP contribution in [0.15, 0.2) is 42.6 Å². The van der Waals surface area contributed by atoms with Crippen molar-refractivity contribution in [1.82, 2.24) is 4.98 Å². The first-order valence-electron chi connectivity index (χ1n) is 7.58. The lowest BCUT2D eigenvalue weighted by Crippen LogP contribution is -2.36. The van der Waals surface area contributed by atoms with Gasteiger partial charge in [0.2, 0.25) is 0 Å². The molecule has 1 aromatic carbocycles. The summed E-state index contributed by atoms with van der Waals surface area (Å²) in [7, 11) is 0. The van der Waals surface area contributed by atoms with Gasteiger partial charge in [-0.25, -0.2) is 9.78 Å². The summed E-state index contributed by atoms with van der Waals surface area (Å²) >= 11 is 0. The molecule has 2 heterocycles. The second-order valence-electron chi connectivity index (χ2n) is 5.33. The van der Waals surface area contributed by atoms with E-state index in [0.717, 1.165) is 37.7 Å². The molecule has 1 saturated heterocycles. The van der Waals surface area contributed by atoms with Crippen molar-refractivity contribution in [1.29, 1.82) is 0 Å². The minimum Gasteiger partial charge on any atom is -0.478 e. The highest BCUT2D eigenvalue weighted by molar-refractivity contribution is 5.94. The third-order valence-electron chi connectivity index (χ3n) is 3.78. The number of hydrogen-bond donors (Lipinski definition) is 2. The van der Waals surface area contributed by atoms with Gasteiger partial charge in [-0.15, -0.1) is 0 Å². The van der Waals surface area contributed by atoms with Gasteiger partial charge in [0, 0.05) is 31.5 Å². The van der Waals surface area contributed by atoms with Crippen molar-refractivity contribution >= 4 is 17.5 Å². The number of anilines is 2. The van der Waals surface area contributed by atoms with Crippen molar-refractivity contribution in [3.05, 3.63) is 53.7 Å². The predicted octanol–water partition coefficient (Wildman–Crippen LogP) is 2.23. The van der Waals surface area contributed by atoms with Crippen molar-refractivity contribution in [2.45, 2.75) is 6.54 Å². The molecule has 1 aromatic heterocycles. The smallest absolute Gasteiger partial charge is 0.337 e. The van der Waals surface area contributed by atoms with Gasteiger partial charge in [0.1, 0.15) is 5.82 Å². The quantitative estimate of drug-likeness (QED) is 0.882. The molecule has 0 unspecified atom stereocenters. The topological polar surface area (TPSA) is 74.7 Å². The first-order valence-corrected chi connectivity index (χ1v) is 7.58. The second-order valence-corrected chi connectivity index (χ2v) is 5.33. The Hall–Kier alpha value is -2.60. The highest BCUT2D eigenvalue weighted by atomic mass is 16.5. The molecule has 0 amide bonds. The monoisotopic (exact) mass is 313 g/mol. The molecular weight excluding hydrogens is 294 g/mol. The Morgan fingerprint density at radius 1 is 1.22 bits per heavy atom. The van der Waals surface area contributed by atoms with Gasteiger partial charge in [0.25, 0.3) is 0 Å². The van der Waals surface area contributed by atoms with Gasteiger partial charge in [-0.05, 0) is 23.8 Å². The molecule has 0 spiro atoms. The number of nitrogens with zero attached hydrogens (tertiary/aromatic N) is 2. The Morgan fingerprint density at radius 3 is 2.70 bits per heavy atom. The zero-order valence-corrected chi connectivity index (χ0v) is 12.7. The third-order valence-corrected chi connectivity index (χ3v) is 3.78. The molecule has 6 nitrogen and oxygen atoms in total. The van der Waals surface area contributed by atoms with E-state index in [-0.39, 0.29) is 5.56 Å². The van der Waals surface area contributed by atoms with Gasteiger partial charge in [-0.2, -0.15) is 0 Å². The summed E-state index contributed by atoms with van der Waals surface area (Å²) in [5.74, 6) is 0.0110. The maximum absolute atomic E-state index is 11.2. The number of aromatic carboxylic acids is 1. The Labute approximate surface area is 134 Å². The molecule has 0 aliphatic carbocycles. The molecule has 1 aliphatic rings. The van der Waals surface area contributed by atoms with E-state index >= 15 is 0 Å². The number of hydrogen-bond acceptors (Lipinski definition) is 5. The van der Waals surface area contributed by atoms with Crippen molar-refractivity contribution in [3.63, 3.8) is 0 Å². The zero-order valence-electron chi connectivity index (χ0n) is 12.7. The number of rotatable bonds is 5. The molecule has 1 aliphatic heterocycles. The van der Waals surface area contributed by atoms with Gasteiger partial charge >= 0.3 is 5.97 Å². The van der Waals surface area contributed by atoms with Crippen molar-refractivity contribution in [3.8, 4) is 0 Å².